The quantitative estimate of drug-likeness (QED) is 0.766. The Labute approximate surface area is 137 Å². The van der Waals surface area contributed by atoms with Crippen LogP contribution in [-0.4, -0.2) is 6.54 Å². The first kappa shape index (κ1) is 16.4. The molecule has 0 bridgehead atoms. The van der Waals surface area contributed by atoms with E-state index >= 15 is 0 Å². The largest absolute Gasteiger partial charge is 0.310 e. The van der Waals surface area contributed by atoms with E-state index in [1.165, 1.54) is 16.7 Å². The maximum atomic E-state index is 6.31. The molecule has 2 rings (SSSR count). The predicted molar refractivity (Wildman–Crippen MR) is 92.5 cm³/mol. The molecule has 0 radical (unpaired) electrons. The van der Waals surface area contributed by atoms with Crippen LogP contribution < -0.4 is 5.32 Å². The fourth-order valence-corrected chi connectivity index (χ4v) is 3.02. The molecule has 2 aromatic carbocycles. The van der Waals surface area contributed by atoms with E-state index < -0.39 is 0 Å². The number of aryl methyl sites for hydroxylation is 2. The van der Waals surface area contributed by atoms with Crippen molar-refractivity contribution in [2.75, 3.05) is 6.54 Å². The van der Waals surface area contributed by atoms with Gasteiger partial charge in [0.15, 0.2) is 0 Å². The summed E-state index contributed by atoms with van der Waals surface area (Å²) in [5.41, 5.74) is 4.89. The van der Waals surface area contributed by atoms with Crippen LogP contribution in [0.25, 0.3) is 0 Å². The van der Waals surface area contributed by atoms with Gasteiger partial charge in [-0.1, -0.05) is 54.4 Å². The molecule has 1 atom stereocenters. The Morgan fingerprint density at radius 3 is 2.24 bits per heavy atom. The number of nitrogens with one attached hydrogen (secondary N) is 1. The Morgan fingerprint density at radius 2 is 1.67 bits per heavy atom. The van der Waals surface area contributed by atoms with Crippen LogP contribution in [-0.2, 0) is 6.42 Å². The molecule has 0 saturated carbocycles. The minimum absolute atomic E-state index is 0.215. The van der Waals surface area contributed by atoms with Gasteiger partial charge in [-0.2, -0.15) is 0 Å². The second-order valence-corrected chi connectivity index (χ2v) is 6.17. The molecule has 0 aliphatic carbocycles. The van der Waals surface area contributed by atoms with Crippen LogP contribution in [0.1, 0.15) is 35.2 Å². The van der Waals surface area contributed by atoms with Gasteiger partial charge < -0.3 is 5.32 Å². The van der Waals surface area contributed by atoms with Gasteiger partial charge in [0.1, 0.15) is 0 Å². The van der Waals surface area contributed by atoms with Crippen molar-refractivity contribution >= 4 is 23.2 Å². The lowest BCUT2D eigenvalue weighted by atomic mass is 9.96. The highest BCUT2D eigenvalue weighted by atomic mass is 35.5. The van der Waals surface area contributed by atoms with Gasteiger partial charge in [-0.3, -0.25) is 0 Å². The first-order valence-corrected chi connectivity index (χ1v) is 8.02. The topological polar surface area (TPSA) is 12.0 Å². The Kier molecular flexibility index (Phi) is 5.69. The summed E-state index contributed by atoms with van der Waals surface area (Å²) in [7, 11) is 0. The van der Waals surface area contributed by atoms with Crippen LogP contribution in [0.4, 0.5) is 0 Å². The molecule has 112 valence electrons. The smallest absolute Gasteiger partial charge is 0.0453 e. The summed E-state index contributed by atoms with van der Waals surface area (Å²) in [4.78, 5) is 0. The molecular weight excluding hydrogens is 301 g/mol. The molecule has 0 heterocycles. The van der Waals surface area contributed by atoms with Crippen molar-refractivity contribution in [2.45, 2.75) is 33.2 Å². The van der Waals surface area contributed by atoms with Crippen LogP contribution in [0.2, 0.25) is 10.0 Å². The summed E-state index contributed by atoms with van der Waals surface area (Å²) < 4.78 is 0. The first-order chi connectivity index (χ1) is 10.0. The molecule has 2 aromatic rings. The van der Waals surface area contributed by atoms with E-state index in [4.69, 9.17) is 23.2 Å². The first-order valence-electron chi connectivity index (χ1n) is 7.26. The Balaban J connectivity index is 2.33. The Bertz CT molecular complexity index is 602. The van der Waals surface area contributed by atoms with Gasteiger partial charge in [-0.25, -0.2) is 0 Å². The van der Waals surface area contributed by atoms with Gasteiger partial charge in [0.05, 0.1) is 0 Å². The van der Waals surface area contributed by atoms with Crippen LogP contribution in [0, 0.1) is 13.8 Å². The number of halogens is 2. The van der Waals surface area contributed by atoms with Crippen LogP contribution in [0.15, 0.2) is 36.4 Å². The molecule has 0 amide bonds. The van der Waals surface area contributed by atoms with E-state index in [0.717, 1.165) is 28.6 Å². The summed E-state index contributed by atoms with van der Waals surface area (Å²) in [5.74, 6) is 0. The van der Waals surface area contributed by atoms with Gasteiger partial charge in [-0.05, 0) is 61.2 Å². The zero-order valence-electron chi connectivity index (χ0n) is 12.7. The van der Waals surface area contributed by atoms with Gasteiger partial charge in [0, 0.05) is 16.1 Å². The third-order valence-corrected chi connectivity index (χ3v) is 4.56. The third-order valence-electron chi connectivity index (χ3n) is 3.85. The fourth-order valence-electron chi connectivity index (χ4n) is 2.47. The van der Waals surface area contributed by atoms with Crippen molar-refractivity contribution in [3.8, 4) is 0 Å². The van der Waals surface area contributed by atoms with Crippen molar-refractivity contribution in [3.05, 3.63) is 68.7 Å². The lowest BCUT2D eigenvalue weighted by Gasteiger charge is -2.21. The molecule has 21 heavy (non-hydrogen) atoms. The maximum absolute atomic E-state index is 6.31. The SMILES string of the molecule is CCNC(Cc1c(Cl)cccc1Cl)c1ccc(C)c(C)c1. The van der Waals surface area contributed by atoms with E-state index in [2.05, 4.69) is 44.3 Å². The number of likely N-dealkylation sites (N-methyl/N-ethyl adjacent to an activating group) is 1. The van der Waals surface area contributed by atoms with Gasteiger partial charge >= 0.3 is 0 Å². The third kappa shape index (κ3) is 4.00. The van der Waals surface area contributed by atoms with Crippen LogP contribution in [0.5, 0.6) is 0 Å². The Morgan fingerprint density at radius 1 is 1.00 bits per heavy atom. The zero-order chi connectivity index (χ0) is 15.4. The molecule has 0 fully saturated rings. The highest BCUT2D eigenvalue weighted by Gasteiger charge is 2.15. The maximum Gasteiger partial charge on any atom is 0.0453 e. The zero-order valence-corrected chi connectivity index (χ0v) is 14.2. The predicted octanol–water partition coefficient (Wildman–Crippen LogP) is 5.50. The van der Waals surface area contributed by atoms with Crippen LogP contribution >= 0.6 is 23.2 Å². The molecule has 0 aliphatic heterocycles. The number of hydrogen-bond acceptors (Lipinski definition) is 1. The van der Waals surface area contributed by atoms with Crippen molar-refractivity contribution in [3.63, 3.8) is 0 Å². The highest BCUT2D eigenvalue weighted by Crippen LogP contribution is 2.30. The normalized spacial score (nSPS) is 12.4. The minimum Gasteiger partial charge on any atom is -0.310 e. The summed E-state index contributed by atoms with van der Waals surface area (Å²) in [6.45, 7) is 7.29. The molecule has 1 unspecified atom stereocenters. The molecular formula is C18H21Cl2N. The molecule has 0 spiro atoms. The summed E-state index contributed by atoms with van der Waals surface area (Å²) in [5, 5.41) is 4.99. The van der Waals surface area contributed by atoms with Crippen molar-refractivity contribution < 1.29 is 0 Å². The van der Waals surface area contributed by atoms with Crippen molar-refractivity contribution in [1.29, 1.82) is 0 Å². The standard InChI is InChI=1S/C18H21Cl2N/c1-4-21-18(14-9-8-12(2)13(3)10-14)11-15-16(19)6-5-7-17(15)20/h5-10,18,21H,4,11H2,1-3H3. The van der Waals surface area contributed by atoms with Gasteiger partial charge in [-0.15, -0.1) is 0 Å². The van der Waals surface area contributed by atoms with Crippen LogP contribution in [0.3, 0.4) is 0 Å². The molecule has 0 aromatic heterocycles. The Hall–Kier alpha value is -1.02. The average molecular weight is 322 g/mol. The molecule has 0 saturated heterocycles. The average Bonchev–Trinajstić information content (AvgIpc) is 2.45. The van der Waals surface area contributed by atoms with Crippen molar-refractivity contribution in [1.82, 2.24) is 5.32 Å². The van der Waals surface area contributed by atoms with Gasteiger partial charge in [0.2, 0.25) is 0 Å². The van der Waals surface area contributed by atoms with E-state index in [9.17, 15) is 0 Å². The number of hydrogen-bond donors (Lipinski definition) is 1. The minimum atomic E-state index is 0.215. The molecule has 1 N–H and O–H groups in total. The lowest BCUT2D eigenvalue weighted by molar-refractivity contribution is 0.549. The number of benzene rings is 2. The van der Waals surface area contributed by atoms with E-state index in [0.29, 0.717) is 0 Å². The van der Waals surface area contributed by atoms with E-state index in [1.807, 2.05) is 18.2 Å². The molecule has 0 aliphatic rings. The number of rotatable bonds is 5. The fraction of sp³-hybridized carbons (Fsp3) is 0.333. The molecule has 1 nitrogen and oxygen atoms in total. The lowest BCUT2D eigenvalue weighted by Crippen LogP contribution is -2.23. The molecule has 3 heteroatoms. The monoisotopic (exact) mass is 321 g/mol. The van der Waals surface area contributed by atoms with Gasteiger partial charge in [0.25, 0.3) is 0 Å². The summed E-state index contributed by atoms with van der Waals surface area (Å²) in [6, 6.07) is 12.5. The summed E-state index contributed by atoms with van der Waals surface area (Å²) in [6.07, 6.45) is 0.787. The van der Waals surface area contributed by atoms with E-state index in [-0.39, 0.29) is 6.04 Å². The summed E-state index contributed by atoms with van der Waals surface area (Å²) >= 11 is 12.6. The van der Waals surface area contributed by atoms with E-state index in [1.54, 1.807) is 0 Å². The highest BCUT2D eigenvalue weighted by molar-refractivity contribution is 6.36. The second kappa shape index (κ2) is 7.31. The second-order valence-electron chi connectivity index (χ2n) is 5.36. The van der Waals surface area contributed by atoms with Crippen molar-refractivity contribution in [2.24, 2.45) is 0 Å².